The summed E-state index contributed by atoms with van der Waals surface area (Å²) in [5.41, 5.74) is 0.566. The average Bonchev–Trinajstić information content (AvgIpc) is 2.23. The van der Waals surface area contributed by atoms with Crippen LogP contribution >= 0.6 is 0 Å². The van der Waals surface area contributed by atoms with Gasteiger partial charge in [-0.05, 0) is 11.6 Å². The van der Waals surface area contributed by atoms with Gasteiger partial charge in [0.15, 0.2) is 6.61 Å². The van der Waals surface area contributed by atoms with Crippen LogP contribution in [0.3, 0.4) is 0 Å². The maximum absolute atomic E-state index is 13.2. The lowest BCUT2D eigenvalue weighted by molar-refractivity contribution is 0.0623. The van der Waals surface area contributed by atoms with Crippen LogP contribution < -0.4 is 0 Å². The molecule has 1 heterocycles. The van der Waals surface area contributed by atoms with Crippen LogP contribution in [-0.4, -0.2) is 19.1 Å². The maximum Gasteiger partial charge on any atom is 0.230 e. The zero-order valence-electron chi connectivity index (χ0n) is 7.57. The Bertz CT molecular complexity index is 352. The van der Waals surface area contributed by atoms with Gasteiger partial charge < -0.3 is 9.57 Å². The molecule has 74 valence electrons. The van der Waals surface area contributed by atoms with E-state index in [4.69, 9.17) is 9.57 Å². The van der Waals surface area contributed by atoms with Gasteiger partial charge in [-0.15, -0.1) is 0 Å². The summed E-state index contributed by atoms with van der Waals surface area (Å²) in [6, 6.07) is 6.55. The molecule has 1 aromatic rings. The van der Waals surface area contributed by atoms with Crippen molar-refractivity contribution in [2.24, 2.45) is 5.16 Å². The van der Waals surface area contributed by atoms with E-state index in [1.165, 1.54) is 6.07 Å². The second kappa shape index (κ2) is 4.09. The van der Waals surface area contributed by atoms with E-state index in [1.807, 2.05) is 0 Å². The monoisotopic (exact) mass is 195 g/mol. The minimum Gasteiger partial charge on any atom is -0.475 e. The third-order valence-electron chi connectivity index (χ3n) is 1.91. The fourth-order valence-corrected chi connectivity index (χ4v) is 1.23. The van der Waals surface area contributed by atoms with E-state index in [-0.39, 0.29) is 5.82 Å². The number of ether oxygens (including phenoxy) is 1. The molecule has 0 aliphatic carbocycles. The van der Waals surface area contributed by atoms with Crippen molar-refractivity contribution in [3.8, 4) is 0 Å². The Morgan fingerprint density at radius 2 is 2.14 bits per heavy atom. The highest BCUT2D eigenvalue weighted by Crippen LogP contribution is 2.09. The van der Waals surface area contributed by atoms with E-state index < -0.39 is 0 Å². The Morgan fingerprint density at radius 1 is 1.29 bits per heavy atom. The number of hydrogen-bond donors (Lipinski definition) is 0. The van der Waals surface area contributed by atoms with Crippen molar-refractivity contribution in [1.82, 2.24) is 0 Å². The zero-order chi connectivity index (χ0) is 9.80. The first-order chi connectivity index (χ1) is 6.86. The normalized spacial score (nSPS) is 15.4. The van der Waals surface area contributed by atoms with E-state index >= 15 is 0 Å². The molecule has 3 nitrogen and oxygen atoms in total. The predicted molar refractivity (Wildman–Crippen MR) is 49.4 cm³/mol. The minimum absolute atomic E-state index is 0.246. The van der Waals surface area contributed by atoms with Crippen molar-refractivity contribution >= 4 is 5.90 Å². The molecule has 0 atom stereocenters. The highest BCUT2D eigenvalue weighted by atomic mass is 19.1. The van der Waals surface area contributed by atoms with Crippen LogP contribution in [0.15, 0.2) is 29.4 Å². The molecule has 0 amide bonds. The standard InChI is InChI=1S/C10H10FNO2/c11-9-4-2-1-3-8(9)7-10-12-14-6-5-13-10/h1-4H,5-7H2. The molecule has 0 unspecified atom stereocenters. The quantitative estimate of drug-likeness (QED) is 0.719. The molecule has 0 saturated heterocycles. The summed E-state index contributed by atoms with van der Waals surface area (Å²) in [5, 5.41) is 3.69. The minimum atomic E-state index is -0.246. The average molecular weight is 195 g/mol. The first kappa shape index (κ1) is 8.99. The molecule has 0 spiro atoms. The summed E-state index contributed by atoms with van der Waals surface area (Å²) in [6.45, 7) is 0.939. The van der Waals surface area contributed by atoms with Gasteiger partial charge in [0.2, 0.25) is 5.90 Å². The number of hydrogen-bond acceptors (Lipinski definition) is 3. The molecule has 2 rings (SSSR count). The summed E-state index contributed by atoms with van der Waals surface area (Å²) in [6.07, 6.45) is 0.340. The van der Waals surface area contributed by atoms with Crippen molar-refractivity contribution in [3.63, 3.8) is 0 Å². The van der Waals surface area contributed by atoms with Crippen LogP contribution in [0.25, 0.3) is 0 Å². The highest BCUT2D eigenvalue weighted by molar-refractivity contribution is 5.78. The number of halogens is 1. The van der Waals surface area contributed by atoms with Crippen LogP contribution in [0.4, 0.5) is 4.39 Å². The van der Waals surface area contributed by atoms with Gasteiger partial charge in [0.25, 0.3) is 0 Å². The van der Waals surface area contributed by atoms with Crippen molar-refractivity contribution in [2.75, 3.05) is 13.2 Å². The Labute approximate surface area is 81.1 Å². The van der Waals surface area contributed by atoms with E-state index in [2.05, 4.69) is 5.16 Å². The second-order valence-corrected chi connectivity index (χ2v) is 2.93. The molecule has 0 radical (unpaired) electrons. The molecule has 0 bridgehead atoms. The smallest absolute Gasteiger partial charge is 0.230 e. The fraction of sp³-hybridized carbons (Fsp3) is 0.300. The highest BCUT2D eigenvalue weighted by Gasteiger charge is 2.10. The first-order valence-electron chi connectivity index (χ1n) is 4.41. The molecule has 1 aliphatic heterocycles. The van der Waals surface area contributed by atoms with Crippen molar-refractivity contribution in [1.29, 1.82) is 0 Å². The third-order valence-corrected chi connectivity index (χ3v) is 1.91. The van der Waals surface area contributed by atoms with E-state index in [0.29, 0.717) is 31.1 Å². The van der Waals surface area contributed by atoms with Crippen molar-refractivity contribution in [2.45, 2.75) is 6.42 Å². The molecule has 0 N–H and O–H groups in total. The number of benzene rings is 1. The third kappa shape index (κ3) is 2.02. The molecular formula is C10H10FNO2. The summed E-state index contributed by atoms with van der Waals surface area (Å²) in [7, 11) is 0. The van der Waals surface area contributed by atoms with Crippen molar-refractivity contribution in [3.05, 3.63) is 35.6 Å². The molecule has 0 saturated carbocycles. The fourth-order valence-electron chi connectivity index (χ4n) is 1.23. The Balaban J connectivity index is 2.10. The van der Waals surface area contributed by atoms with Crippen LogP contribution in [0.2, 0.25) is 0 Å². The Hall–Kier alpha value is -1.58. The Morgan fingerprint density at radius 3 is 2.86 bits per heavy atom. The molecule has 1 aliphatic rings. The molecule has 0 aromatic heterocycles. The SMILES string of the molecule is Fc1ccccc1CC1=NOCCO1. The van der Waals surface area contributed by atoms with Gasteiger partial charge in [0.05, 0.1) is 6.42 Å². The molecule has 0 fully saturated rings. The summed E-state index contributed by atoms with van der Waals surface area (Å²) in [5.74, 6) is 0.186. The lowest BCUT2D eigenvalue weighted by atomic mass is 10.1. The van der Waals surface area contributed by atoms with Crippen LogP contribution in [0.5, 0.6) is 0 Å². The first-order valence-corrected chi connectivity index (χ1v) is 4.41. The van der Waals surface area contributed by atoms with E-state index in [0.717, 1.165) is 0 Å². The van der Waals surface area contributed by atoms with Gasteiger partial charge in [-0.1, -0.05) is 23.4 Å². The number of nitrogens with zero attached hydrogens (tertiary/aromatic N) is 1. The van der Waals surface area contributed by atoms with E-state index in [1.54, 1.807) is 18.2 Å². The summed E-state index contributed by atoms with van der Waals surface area (Å²) in [4.78, 5) is 4.83. The van der Waals surface area contributed by atoms with Crippen LogP contribution in [0.1, 0.15) is 5.56 Å². The Kier molecular flexibility index (Phi) is 2.62. The topological polar surface area (TPSA) is 30.8 Å². The van der Waals surface area contributed by atoms with Gasteiger partial charge >= 0.3 is 0 Å². The van der Waals surface area contributed by atoms with Crippen LogP contribution in [-0.2, 0) is 16.0 Å². The van der Waals surface area contributed by atoms with Gasteiger partial charge in [-0.25, -0.2) is 4.39 Å². The molecule has 14 heavy (non-hydrogen) atoms. The summed E-state index contributed by atoms with van der Waals surface area (Å²) < 4.78 is 18.4. The maximum atomic E-state index is 13.2. The van der Waals surface area contributed by atoms with Gasteiger partial charge in [0, 0.05) is 0 Å². The van der Waals surface area contributed by atoms with Gasteiger partial charge in [-0.3, -0.25) is 0 Å². The van der Waals surface area contributed by atoms with Gasteiger partial charge in [0.1, 0.15) is 12.4 Å². The molecular weight excluding hydrogens is 185 g/mol. The lowest BCUT2D eigenvalue weighted by Crippen LogP contribution is -2.18. The molecule has 1 aromatic carbocycles. The van der Waals surface area contributed by atoms with Gasteiger partial charge in [-0.2, -0.15) is 0 Å². The largest absolute Gasteiger partial charge is 0.475 e. The zero-order valence-corrected chi connectivity index (χ0v) is 7.57. The molecule has 4 heteroatoms. The summed E-state index contributed by atoms with van der Waals surface area (Å²) >= 11 is 0. The van der Waals surface area contributed by atoms with Crippen molar-refractivity contribution < 1.29 is 14.0 Å². The lowest BCUT2D eigenvalue weighted by Gasteiger charge is -2.13. The predicted octanol–water partition coefficient (Wildman–Crippen LogP) is 1.73. The number of rotatable bonds is 2. The van der Waals surface area contributed by atoms with Crippen LogP contribution in [0, 0.1) is 5.82 Å². The van der Waals surface area contributed by atoms with E-state index in [9.17, 15) is 4.39 Å². The second-order valence-electron chi connectivity index (χ2n) is 2.93. The number of oxime groups is 1.